The highest BCUT2D eigenvalue weighted by Gasteiger charge is 2.21. The first-order valence-corrected chi connectivity index (χ1v) is 8.79. The van der Waals surface area contributed by atoms with Crippen molar-refractivity contribution in [3.63, 3.8) is 0 Å². The van der Waals surface area contributed by atoms with Crippen LogP contribution in [-0.2, 0) is 11.3 Å². The van der Waals surface area contributed by atoms with Gasteiger partial charge in [-0.3, -0.25) is 9.36 Å². The van der Waals surface area contributed by atoms with E-state index in [1.807, 2.05) is 29.9 Å². The predicted molar refractivity (Wildman–Crippen MR) is 89.5 cm³/mol. The second-order valence-corrected chi connectivity index (χ2v) is 6.82. The van der Waals surface area contributed by atoms with Crippen molar-refractivity contribution < 1.29 is 9.21 Å². The molecule has 0 bridgehead atoms. The molecule has 0 radical (unpaired) electrons. The van der Waals surface area contributed by atoms with Gasteiger partial charge in [0, 0.05) is 18.1 Å². The number of furan rings is 1. The first-order chi connectivity index (χ1) is 11.2. The summed E-state index contributed by atoms with van der Waals surface area (Å²) in [4.78, 5) is 16.3. The van der Waals surface area contributed by atoms with Crippen LogP contribution in [0.3, 0.4) is 0 Å². The summed E-state index contributed by atoms with van der Waals surface area (Å²) in [6, 6.07) is 3.64. The van der Waals surface area contributed by atoms with Crippen LogP contribution in [0.15, 0.2) is 39.5 Å². The molecule has 7 nitrogen and oxygen atoms in total. The van der Waals surface area contributed by atoms with Crippen LogP contribution in [0.1, 0.15) is 13.8 Å². The topological polar surface area (TPSA) is 85.8 Å². The molecule has 3 aromatic heterocycles. The number of thiazole rings is 1. The molecular weight excluding hydrogens is 334 g/mol. The normalized spacial score (nSPS) is 12.3. The molecule has 0 aliphatic carbocycles. The molecule has 9 heteroatoms. The Morgan fingerprint density at radius 1 is 1.52 bits per heavy atom. The summed E-state index contributed by atoms with van der Waals surface area (Å²) in [7, 11) is 0. The Morgan fingerprint density at radius 3 is 3.04 bits per heavy atom. The van der Waals surface area contributed by atoms with E-state index in [4.69, 9.17) is 4.42 Å². The summed E-state index contributed by atoms with van der Waals surface area (Å²) in [5.74, 6) is 1.20. The average Bonchev–Trinajstić information content (AvgIpc) is 3.28. The first-order valence-electron chi connectivity index (χ1n) is 7.03. The fourth-order valence-corrected chi connectivity index (χ4v) is 3.40. The zero-order valence-corrected chi connectivity index (χ0v) is 14.2. The molecular formula is C14H15N5O2S2. The summed E-state index contributed by atoms with van der Waals surface area (Å²) in [6.45, 7) is 4.52. The second-order valence-electron chi connectivity index (χ2n) is 4.61. The maximum Gasteiger partial charge on any atom is 0.239 e. The Hall–Kier alpha value is -2.13. The standard InChI is InChI=1S/C14H15N5O2S2/c1-3-19-11(10-5-4-7-21-10)17-18-14(19)23-9(2)12(20)16-13-15-6-8-22-13/h4-9H,3H2,1-2H3,(H,15,16,20)/t9-/m1/s1. The van der Waals surface area contributed by atoms with Gasteiger partial charge in [-0.15, -0.1) is 21.5 Å². The summed E-state index contributed by atoms with van der Waals surface area (Å²) < 4.78 is 7.31. The molecule has 1 amide bonds. The van der Waals surface area contributed by atoms with Crippen LogP contribution in [0.2, 0.25) is 0 Å². The van der Waals surface area contributed by atoms with Gasteiger partial charge in [-0.25, -0.2) is 4.98 Å². The van der Waals surface area contributed by atoms with E-state index in [-0.39, 0.29) is 11.2 Å². The summed E-state index contributed by atoms with van der Waals surface area (Å²) >= 11 is 2.74. The van der Waals surface area contributed by atoms with Crippen molar-refractivity contribution in [2.75, 3.05) is 5.32 Å². The maximum absolute atomic E-state index is 12.2. The van der Waals surface area contributed by atoms with Gasteiger partial charge in [0.2, 0.25) is 5.91 Å². The van der Waals surface area contributed by atoms with Gasteiger partial charge in [-0.1, -0.05) is 11.8 Å². The lowest BCUT2D eigenvalue weighted by atomic mass is 10.4. The minimum absolute atomic E-state index is 0.116. The summed E-state index contributed by atoms with van der Waals surface area (Å²) in [6.07, 6.45) is 3.25. The fourth-order valence-electron chi connectivity index (χ4n) is 1.95. The van der Waals surface area contributed by atoms with Crippen molar-refractivity contribution in [2.24, 2.45) is 0 Å². The van der Waals surface area contributed by atoms with Crippen molar-refractivity contribution in [1.82, 2.24) is 19.7 Å². The van der Waals surface area contributed by atoms with Gasteiger partial charge in [0.15, 0.2) is 21.9 Å². The third-order valence-electron chi connectivity index (χ3n) is 3.09. The molecule has 1 atom stereocenters. The van der Waals surface area contributed by atoms with E-state index in [0.29, 0.717) is 28.4 Å². The minimum Gasteiger partial charge on any atom is -0.461 e. The number of anilines is 1. The third kappa shape index (κ3) is 3.45. The number of hydrogen-bond donors (Lipinski definition) is 1. The number of hydrogen-bond acceptors (Lipinski definition) is 7. The van der Waals surface area contributed by atoms with Crippen LogP contribution in [0, 0.1) is 0 Å². The molecule has 3 heterocycles. The lowest BCUT2D eigenvalue weighted by molar-refractivity contribution is -0.115. The van der Waals surface area contributed by atoms with Crippen LogP contribution >= 0.6 is 23.1 Å². The monoisotopic (exact) mass is 349 g/mol. The fraction of sp³-hybridized carbons (Fsp3) is 0.286. The zero-order valence-electron chi connectivity index (χ0n) is 12.6. The Labute approximate surface area is 141 Å². The van der Waals surface area contributed by atoms with Crippen molar-refractivity contribution in [2.45, 2.75) is 30.8 Å². The van der Waals surface area contributed by atoms with Crippen LogP contribution in [0.25, 0.3) is 11.6 Å². The average molecular weight is 349 g/mol. The molecule has 3 rings (SSSR count). The number of carbonyl (C=O) groups is 1. The molecule has 0 spiro atoms. The van der Waals surface area contributed by atoms with Gasteiger partial charge in [-0.2, -0.15) is 0 Å². The number of nitrogens with zero attached hydrogens (tertiary/aromatic N) is 4. The SMILES string of the molecule is CCn1c(S[C@H](C)C(=O)Nc2nccs2)nnc1-c1ccco1. The molecule has 1 N–H and O–H groups in total. The number of nitrogens with one attached hydrogen (secondary N) is 1. The summed E-state index contributed by atoms with van der Waals surface area (Å²) in [5, 5.41) is 13.9. The molecule has 0 aromatic carbocycles. The number of thioether (sulfide) groups is 1. The number of aromatic nitrogens is 4. The van der Waals surface area contributed by atoms with Crippen LogP contribution < -0.4 is 5.32 Å². The van der Waals surface area contributed by atoms with Gasteiger partial charge in [-0.05, 0) is 26.0 Å². The minimum atomic E-state index is -0.321. The molecule has 0 saturated heterocycles. The van der Waals surface area contributed by atoms with Gasteiger partial charge in [0.05, 0.1) is 11.5 Å². The van der Waals surface area contributed by atoms with E-state index in [1.54, 1.807) is 18.5 Å². The maximum atomic E-state index is 12.2. The molecule has 120 valence electrons. The van der Waals surface area contributed by atoms with Crippen LogP contribution in [0.5, 0.6) is 0 Å². The van der Waals surface area contributed by atoms with E-state index in [9.17, 15) is 4.79 Å². The molecule has 0 saturated carbocycles. The van der Waals surface area contributed by atoms with Crippen molar-refractivity contribution in [3.05, 3.63) is 30.0 Å². The van der Waals surface area contributed by atoms with Crippen molar-refractivity contribution in [1.29, 1.82) is 0 Å². The Bertz CT molecular complexity index is 767. The second kappa shape index (κ2) is 6.97. The quantitative estimate of drug-likeness (QED) is 0.688. The van der Waals surface area contributed by atoms with Gasteiger partial charge in [0.1, 0.15) is 0 Å². The molecule has 0 aliphatic rings. The van der Waals surface area contributed by atoms with E-state index >= 15 is 0 Å². The molecule has 0 aliphatic heterocycles. The van der Waals surface area contributed by atoms with Gasteiger partial charge >= 0.3 is 0 Å². The van der Waals surface area contributed by atoms with Crippen LogP contribution in [-0.4, -0.2) is 30.9 Å². The lowest BCUT2D eigenvalue weighted by Gasteiger charge is -2.11. The molecule has 23 heavy (non-hydrogen) atoms. The largest absolute Gasteiger partial charge is 0.461 e. The van der Waals surface area contributed by atoms with Crippen molar-refractivity contribution >= 4 is 34.1 Å². The number of carbonyl (C=O) groups excluding carboxylic acids is 1. The van der Waals surface area contributed by atoms with Crippen LogP contribution in [0.4, 0.5) is 5.13 Å². The molecule has 3 aromatic rings. The molecule has 0 unspecified atom stereocenters. The Kier molecular flexibility index (Phi) is 4.77. The highest BCUT2D eigenvalue weighted by Crippen LogP contribution is 2.27. The van der Waals surface area contributed by atoms with Gasteiger partial charge in [0.25, 0.3) is 0 Å². The van der Waals surface area contributed by atoms with E-state index in [0.717, 1.165) is 0 Å². The van der Waals surface area contributed by atoms with E-state index in [2.05, 4.69) is 20.5 Å². The number of rotatable bonds is 6. The smallest absolute Gasteiger partial charge is 0.239 e. The predicted octanol–water partition coefficient (Wildman–Crippen LogP) is 3.13. The molecule has 0 fully saturated rings. The van der Waals surface area contributed by atoms with Crippen molar-refractivity contribution in [3.8, 4) is 11.6 Å². The highest BCUT2D eigenvalue weighted by atomic mass is 32.2. The van der Waals surface area contributed by atoms with E-state index < -0.39 is 0 Å². The third-order valence-corrected chi connectivity index (χ3v) is 4.86. The number of amides is 1. The zero-order chi connectivity index (χ0) is 16.2. The van der Waals surface area contributed by atoms with Gasteiger partial charge < -0.3 is 9.73 Å². The first kappa shape index (κ1) is 15.8. The Balaban J connectivity index is 1.73. The Morgan fingerprint density at radius 2 is 2.39 bits per heavy atom. The van der Waals surface area contributed by atoms with E-state index in [1.165, 1.54) is 23.1 Å². The highest BCUT2D eigenvalue weighted by molar-refractivity contribution is 8.00. The summed E-state index contributed by atoms with van der Waals surface area (Å²) in [5.41, 5.74) is 0. The lowest BCUT2D eigenvalue weighted by Crippen LogP contribution is -2.22.